The van der Waals surface area contributed by atoms with Gasteiger partial charge in [-0.15, -0.1) is 0 Å². The van der Waals surface area contributed by atoms with E-state index in [0.717, 1.165) is 5.84 Å². The molecule has 0 N–H and O–H groups in total. The van der Waals surface area contributed by atoms with Crippen LogP contribution in [0.3, 0.4) is 0 Å². The van der Waals surface area contributed by atoms with E-state index in [1.54, 1.807) is 0 Å². The molecule has 0 bridgehead atoms. The molecule has 1 heterocycles. The number of nitrogens with zero attached hydrogens (tertiary/aromatic N) is 2. The average molecular weight is 238 g/mol. The standard InChI is InChI=1S/C16H18N2/c1-11-7-6-9-13-12-8-4-5-10-14(12)18(3)16(17-2)15(11)13/h4-11,15H,1-3H3/b17-16+. The molecule has 0 amide bonds. The molecule has 1 aromatic rings. The Hall–Kier alpha value is -1.83. The molecule has 0 radical (unpaired) electrons. The summed E-state index contributed by atoms with van der Waals surface area (Å²) >= 11 is 0. The Morgan fingerprint density at radius 2 is 2.00 bits per heavy atom. The third-order valence-electron chi connectivity index (χ3n) is 3.98. The first kappa shape index (κ1) is 11.3. The van der Waals surface area contributed by atoms with Gasteiger partial charge in [0.05, 0.1) is 0 Å². The summed E-state index contributed by atoms with van der Waals surface area (Å²) in [6, 6.07) is 8.58. The van der Waals surface area contributed by atoms with E-state index in [1.165, 1.54) is 16.8 Å². The van der Waals surface area contributed by atoms with Gasteiger partial charge in [-0.2, -0.15) is 0 Å². The first-order valence-electron chi connectivity index (χ1n) is 6.42. The first-order chi connectivity index (χ1) is 8.74. The van der Waals surface area contributed by atoms with Crippen molar-refractivity contribution in [1.82, 2.24) is 0 Å². The molecule has 2 heteroatoms. The third-order valence-corrected chi connectivity index (χ3v) is 3.98. The lowest BCUT2D eigenvalue weighted by Gasteiger charge is -2.40. The van der Waals surface area contributed by atoms with Gasteiger partial charge < -0.3 is 4.90 Å². The molecular formula is C16H18N2. The van der Waals surface area contributed by atoms with Gasteiger partial charge >= 0.3 is 0 Å². The Labute approximate surface area is 108 Å². The Morgan fingerprint density at radius 1 is 1.22 bits per heavy atom. The van der Waals surface area contributed by atoms with Crippen LogP contribution in [-0.2, 0) is 0 Å². The van der Waals surface area contributed by atoms with E-state index in [1.807, 2.05) is 7.05 Å². The van der Waals surface area contributed by atoms with Gasteiger partial charge in [0.15, 0.2) is 0 Å². The second kappa shape index (κ2) is 4.13. The number of amidine groups is 1. The molecule has 2 atom stereocenters. The SMILES string of the molecule is C/N=C1\C2C(=CC=CC2C)c2ccccc2N1C. The molecule has 1 aliphatic heterocycles. The molecule has 0 saturated carbocycles. The monoisotopic (exact) mass is 238 g/mol. The summed E-state index contributed by atoms with van der Waals surface area (Å²) in [5.41, 5.74) is 4.00. The summed E-state index contributed by atoms with van der Waals surface area (Å²) < 4.78 is 0. The Balaban J connectivity index is 2.26. The quantitative estimate of drug-likeness (QED) is 0.676. The maximum atomic E-state index is 4.53. The van der Waals surface area contributed by atoms with Crippen molar-refractivity contribution < 1.29 is 0 Å². The smallest absolute Gasteiger partial charge is 0.111 e. The van der Waals surface area contributed by atoms with Crippen LogP contribution in [0.25, 0.3) is 5.57 Å². The molecule has 2 nitrogen and oxygen atoms in total. The van der Waals surface area contributed by atoms with Crippen LogP contribution in [-0.4, -0.2) is 19.9 Å². The van der Waals surface area contributed by atoms with Gasteiger partial charge in [0, 0.05) is 31.3 Å². The van der Waals surface area contributed by atoms with E-state index < -0.39 is 0 Å². The predicted octanol–water partition coefficient (Wildman–Crippen LogP) is 3.37. The lowest BCUT2D eigenvalue weighted by Crippen LogP contribution is -2.41. The maximum absolute atomic E-state index is 4.53. The zero-order chi connectivity index (χ0) is 12.7. The van der Waals surface area contributed by atoms with Crippen molar-refractivity contribution in [3.05, 3.63) is 48.1 Å². The number of para-hydroxylation sites is 1. The lowest BCUT2D eigenvalue weighted by molar-refractivity contribution is 0.637. The molecule has 0 aromatic heterocycles. The fourth-order valence-corrected chi connectivity index (χ4v) is 3.10. The largest absolute Gasteiger partial charge is 0.332 e. The minimum atomic E-state index is 0.389. The van der Waals surface area contributed by atoms with Gasteiger partial charge in [-0.3, -0.25) is 4.99 Å². The molecule has 2 aliphatic rings. The number of hydrogen-bond donors (Lipinski definition) is 0. The highest BCUT2D eigenvalue weighted by Gasteiger charge is 2.35. The normalized spacial score (nSPS) is 27.8. The summed E-state index contributed by atoms with van der Waals surface area (Å²) in [7, 11) is 4.01. The van der Waals surface area contributed by atoms with Gasteiger partial charge in [-0.1, -0.05) is 43.4 Å². The van der Waals surface area contributed by atoms with Crippen LogP contribution in [0.2, 0.25) is 0 Å². The molecule has 1 aliphatic carbocycles. The second-order valence-corrected chi connectivity index (χ2v) is 5.00. The maximum Gasteiger partial charge on any atom is 0.111 e. The third kappa shape index (κ3) is 1.45. The van der Waals surface area contributed by atoms with E-state index in [0.29, 0.717) is 11.8 Å². The van der Waals surface area contributed by atoms with Gasteiger partial charge in [-0.25, -0.2) is 0 Å². The number of rotatable bonds is 0. The van der Waals surface area contributed by atoms with Crippen molar-refractivity contribution in [3.63, 3.8) is 0 Å². The molecule has 0 fully saturated rings. The van der Waals surface area contributed by atoms with Crippen molar-refractivity contribution in [2.24, 2.45) is 16.8 Å². The van der Waals surface area contributed by atoms with Crippen LogP contribution >= 0.6 is 0 Å². The highest BCUT2D eigenvalue weighted by molar-refractivity contribution is 6.12. The molecule has 1 aromatic carbocycles. The van der Waals surface area contributed by atoms with E-state index in [4.69, 9.17) is 0 Å². The van der Waals surface area contributed by atoms with E-state index in [2.05, 4.69) is 66.4 Å². The van der Waals surface area contributed by atoms with Crippen molar-refractivity contribution in [2.75, 3.05) is 19.0 Å². The Kier molecular flexibility index (Phi) is 2.58. The van der Waals surface area contributed by atoms with E-state index in [9.17, 15) is 0 Å². The number of anilines is 1. The van der Waals surface area contributed by atoms with Crippen LogP contribution in [0.15, 0.2) is 47.5 Å². The molecule has 2 unspecified atom stereocenters. The molecule has 92 valence electrons. The second-order valence-electron chi connectivity index (χ2n) is 5.00. The predicted molar refractivity (Wildman–Crippen MR) is 78.0 cm³/mol. The van der Waals surface area contributed by atoms with Crippen molar-refractivity contribution in [2.45, 2.75) is 6.92 Å². The summed E-state index contributed by atoms with van der Waals surface area (Å²) in [4.78, 5) is 6.76. The van der Waals surface area contributed by atoms with E-state index in [-0.39, 0.29) is 0 Å². The molecular weight excluding hydrogens is 220 g/mol. The average Bonchev–Trinajstić information content (AvgIpc) is 2.40. The minimum absolute atomic E-state index is 0.389. The Morgan fingerprint density at radius 3 is 2.78 bits per heavy atom. The summed E-state index contributed by atoms with van der Waals surface area (Å²) in [5.74, 6) is 2.05. The molecule has 18 heavy (non-hydrogen) atoms. The van der Waals surface area contributed by atoms with Gasteiger partial charge in [-0.05, 0) is 17.6 Å². The first-order valence-corrected chi connectivity index (χ1v) is 6.42. The van der Waals surface area contributed by atoms with Crippen LogP contribution in [0.1, 0.15) is 12.5 Å². The minimum Gasteiger partial charge on any atom is -0.332 e. The zero-order valence-electron chi connectivity index (χ0n) is 11.1. The van der Waals surface area contributed by atoms with Gasteiger partial charge in [0.1, 0.15) is 5.84 Å². The zero-order valence-corrected chi connectivity index (χ0v) is 11.1. The van der Waals surface area contributed by atoms with Gasteiger partial charge in [0.25, 0.3) is 0 Å². The molecule has 0 spiro atoms. The fraction of sp³-hybridized carbons (Fsp3) is 0.312. The van der Waals surface area contributed by atoms with Crippen molar-refractivity contribution in [1.29, 1.82) is 0 Å². The topological polar surface area (TPSA) is 15.6 Å². The van der Waals surface area contributed by atoms with E-state index >= 15 is 0 Å². The number of aliphatic imine (C=N–C) groups is 1. The summed E-state index contributed by atoms with van der Waals surface area (Å²) in [6.45, 7) is 2.26. The Bertz CT molecular complexity index is 566. The van der Waals surface area contributed by atoms with Gasteiger partial charge in [0.2, 0.25) is 0 Å². The fourth-order valence-electron chi connectivity index (χ4n) is 3.10. The number of fused-ring (bicyclic) bond motifs is 3. The number of hydrogen-bond acceptors (Lipinski definition) is 1. The van der Waals surface area contributed by atoms with Crippen LogP contribution in [0.4, 0.5) is 5.69 Å². The summed E-state index contributed by atoms with van der Waals surface area (Å²) in [6.07, 6.45) is 6.68. The van der Waals surface area contributed by atoms with Crippen LogP contribution < -0.4 is 4.90 Å². The van der Waals surface area contributed by atoms with Crippen molar-refractivity contribution in [3.8, 4) is 0 Å². The number of allylic oxidation sites excluding steroid dienone is 3. The van der Waals surface area contributed by atoms with Crippen LogP contribution in [0, 0.1) is 11.8 Å². The highest BCUT2D eigenvalue weighted by Crippen LogP contribution is 2.43. The molecule has 3 rings (SSSR count). The lowest BCUT2D eigenvalue weighted by atomic mass is 9.76. The summed E-state index contributed by atoms with van der Waals surface area (Å²) in [5, 5.41) is 0. The number of benzene rings is 1. The van der Waals surface area contributed by atoms with Crippen LogP contribution in [0.5, 0.6) is 0 Å². The highest BCUT2D eigenvalue weighted by atomic mass is 15.2. The van der Waals surface area contributed by atoms with Crippen molar-refractivity contribution >= 4 is 17.1 Å². The molecule has 0 saturated heterocycles.